The van der Waals surface area contributed by atoms with E-state index >= 15 is 0 Å². The fraction of sp³-hybridized carbons (Fsp3) is 0.375. The number of rotatable bonds is 4. The highest BCUT2D eigenvalue weighted by Crippen LogP contribution is 2.08. The lowest BCUT2D eigenvalue weighted by Crippen LogP contribution is -2.34. The van der Waals surface area contributed by atoms with Crippen LogP contribution in [0.15, 0.2) is 35.1 Å². The minimum Gasteiger partial charge on any atom is -0.350 e. The smallest absolute Gasteiger partial charge is 0.267 e. The Bertz CT molecular complexity index is 708. The van der Waals surface area contributed by atoms with E-state index in [1.54, 1.807) is 12.1 Å². The number of carbonyl (C=O) groups excluding carboxylic acids is 1. The van der Waals surface area contributed by atoms with Gasteiger partial charge >= 0.3 is 0 Å². The second kappa shape index (κ2) is 7.42. The minimum absolute atomic E-state index is 0. The standard InChI is InChI=1S/C16H19N3O2.ClH/c20-15-11-14(18-13-6-2-1-5-12(13)15)16(21)17-7-10-19-8-3-4-9-19;/h1-2,5-6,11H,3-4,7-10H2,(H,17,21)(H,18,20);1H. The quantitative estimate of drug-likeness (QED) is 0.902. The van der Waals surface area contributed by atoms with Crippen LogP contribution in [0.2, 0.25) is 0 Å². The van der Waals surface area contributed by atoms with Crippen LogP contribution >= 0.6 is 12.4 Å². The Morgan fingerprint density at radius 1 is 1.23 bits per heavy atom. The fourth-order valence-electron chi connectivity index (χ4n) is 2.75. The van der Waals surface area contributed by atoms with Crippen molar-refractivity contribution < 1.29 is 4.79 Å². The number of likely N-dealkylation sites (tertiary alicyclic amines) is 1. The molecule has 1 aromatic carbocycles. The van der Waals surface area contributed by atoms with E-state index in [1.807, 2.05) is 12.1 Å². The van der Waals surface area contributed by atoms with Crippen molar-refractivity contribution in [3.63, 3.8) is 0 Å². The maximum Gasteiger partial charge on any atom is 0.267 e. The number of benzene rings is 1. The normalized spacial score (nSPS) is 14.7. The molecule has 0 spiro atoms. The second-order valence-corrected chi connectivity index (χ2v) is 5.40. The van der Waals surface area contributed by atoms with Crippen LogP contribution < -0.4 is 10.7 Å². The van der Waals surface area contributed by atoms with Gasteiger partial charge in [-0.25, -0.2) is 0 Å². The number of hydrogen-bond donors (Lipinski definition) is 2. The van der Waals surface area contributed by atoms with Gasteiger partial charge in [-0.2, -0.15) is 0 Å². The summed E-state index contributed by atoms with van der Waals surface area (Å²) in [6, 6.07) is 8.58. The number of amides is 1. The van der Waals surface area contributed by atoms with Crippen LogP contribution in [0.5, 0.6) is 0 Å². The molecule has 0 bridgehead atoms. The molecule has 0 radical (unpaired) electrons. The number of nitrogens with one attached hydrogen (secondary N) is 2. The Morgan fingerprint density at radius 3 is 2.73 bits per heavy atom. The first-order valence-electron chi connectivity index (χ1n) is 7.37. The Morgan fingerprint density at radius 2 is 1.95 bits per heavy atom. The molecule has 0 saturated carbocycles. The first-order chi connectivity index (χ1) is 10.2. The van der Waals surface area contributed by atoms with Gasteiger partial charge in [0, 0.05) is 30.1 Å². The van der Waals surface area contributed by atoms with Crippen molar-refractivity contribution in [3.8, 4) is 0 Å². The van der Waals surface area contributed by atoms with E-state index in [9.17, 15) is 9.59 Å². The van der Waals surface area contributed by atoms with E-state index in [1.165, 1.54) is 18.9 Å². The summed E-state index contributed by atoms with van der Waals surface area (Å²) in [4.78, 5) is 29.5. The molecule has 22 heavy (non-hydrogen) atoms. The van der Waals surface area contributed by atoms with E-state index in [-0.39, 0.29) is 23.7 Å². The number of aromatic amines is 1. The Hall–Kier alpha value is -1.85. The van der Waals surface area contributed by atoms with Crippen molar-refractivity contribution in [1.29, 1.82) is 0 Å². The van der Waals surface area contributed by atoms with Crippen molar-refractivity contribution in [2.24, 2.45) is 0 Å². The van der Waals surface area contributed by atoms with Gasteiger partial charge in [0.05, 0.1) is 0 Å². The second-order valence-electron chi connectivity index (χ2n) is 5.40. The van der Waals surface area contributed by atoms with Crippen LogP contribution in [0.3, 0.4) is 0 Å². The number of para-hydroxylation sites is 1. The van der Waals surface area contributed by atoms with Gasteiger partial charge in [0.2, 0.25) is 0 Å². The highest BCUT2D eigenvalue weighted by molar-refractivity contribution is 5.94. The van der Waals surface area contributed by atoms with E-state index < -0.39 is 0 Å². The van der Waals surface area contributed by atoms with Gasteiger partial charge in [0.25, 0.3) is 5.91 Å². The number of H-pyrrole nitrogens is 1. The van der Waals surface area contributed by atoms with Crippen molar-refractivity contribution in [2.45, 2.75) is 12.8 Å². The summed E-state index contributed by atoms with van der Waals surface area (Å²) in [5.74, 6) is -0.225. The average Bonchev–Trinajstić information content (AvgIpc) is 3.00. The zero-order chi connectivity index (χ0) is 14.7. The van der Waals surface area contributed by atoms with Gasteiger partial charge in [-0.15, -0.1) is 12.4 Å². The number of nitrogens with zero attached hydrogens (tertiary/aromatic N) is 1. The zero-order valence-electron chi connectivity index (χ0n) is 12.3. The molecule has 1 aliphatic heterocycles. The van der Waals surface area contributed by atoms with E-state index in [4.69, 9.17) is 0 Å². The third kappa shape index (κ3) is 3.67. The molecule has 0 unspecified atom stereocenters. The Labute approximate surface area is 135 Å². The Balaban J connectivity index is 0.00000176. The van der Waals surface area contributed by atoms with Crippen molar-refractivity contribution >= 4 is 29.2 Å². The van der Waals surface area contributed by atoms with Gasteiger partial charge in [-0.05, 0) is 38.1 Å². The van der Waals surface area contributed by atoms with Crippen molar-refractivity contribution in [2.75, 3.05) is 26.2 Å². The molecule has 1 aliphatic rings. The molecule has 2 aromatic rings. The van der Waals surface area contributed by atoms with E-state index in [0.717, 1.165) is 19.6 Å². The van der Waals surface area contributed by atoms with Crippen LogP contribution in [-0.2, 0) is 0 Å². The molecule has 3 rings (SSSR count). The van der Waals surface area contributed by atoms with Gasteiger partial charge in [0.15, 0.2) is 5.43 Å². The largest absolute Gasteiger partial charge is 0.350 e. The molecule has 1 amide bonds. The summed E-state index contributed by atoms with van der Waals surface area (Å²) in [6.45, 7) is 3.70. The number of halogens is 1. The minimum atomic E-state index is -0.225. The molecule has 1 aromatic heterocycles. The third-order valence-corrected chi connectivity index (χ3v) is 3.89. The highest BCUT2D eigenvalue weighted by Gasteiger charge is 2.12. The molecule has 1 saturated heterocycles. The summed E-state index contributed by atoms with van der Waals surface area (Å²) in [6.07, 6.45) is 2.48. The van der Waals surface area contributed by atoms with Crippen LogP contribution in [0.25, 0.3) is 10.9 Å². The molecule has 2 N–H and O–H groups in total. The first-order valence-corrected chi connectivity index (χ1v) is 7.37. The van der Waals surface area contributed by atoms with Gasteiger partial charge in [-0.3, -0.25) is 9.59 Å². The number of fused-ring (bicyclic) bond motifs is 1. The predicted molar refractivity (Wildman–Crippen MR) is 89.8 cm³/mol. The van der Waals surface area contributed by atoms with Gasteiger partial charge in [-0.1, -0.05) is 12.1 Å². The van der Waals surface area contributed by atoms with Crippen LogP contribution in [0.1, 0.15) is 23.3 Å². The van der Waals surface area contributed by atoms with E-state index in [0.29, 0.717) is 23.1 Å². The van der Waals surface area contributed by atoms with Crippen molar-refractivity contribution in [1.82, 2.24) is 15.2 Å². The lowest BCUT2D eigenvalue weighted by molar-refractivity contribution is 0.0945. The van der Waals surface area contributed by atoms with Crippen LogP contribution in [0.4, 0.5) is 0 Å². The third-order valence-electron chi connectivity index (χ3n) is 3.89. The van der Waals surface area contributed by atoms with Crippen molar-refractivity contribution in [3.05, 3.63) is 46.2 Å². The summed E-state index contributed by atoms with van der Waals surface area (Å²) in [7, 11) is 0. The summed E-state index contributed by atoms with van der Waals surface area (Å²) >= 11 is 0. The van der Waals surface area contributed by atoms with Gasteiger partial charge < -0.3 is 15.2 Å². The maximum atomic E-state index is 12.1. The molecule has 118 valence electrons. The molecule has 0 aliphatic carbocycles. The van der Waals surface area contributed by atoms with Gasteiger partial charge in [0.1, 0.15) is 5.69 Å². The molecule has 6 heteroatoms. The molecule has 1 fully saturated rings. The molecule has 0 atom stereocenters. The number of pyridine rings is 1. The van der Waals surface area contributed by atoms with E-state index in [2.05, 4.69) is 15.2 Å². The summed E-state index contributed by atoms with van der Waals surface area (Å²) in [5, 5.41) is 3.47. The number of carbonyl (C=O) groups is 1. The van der Waals surface area contributed by atoms with Crippen LogP contribution in [-0.4, -0.2) is 42.0 Å². The molecular weight excluding hydrogens is 302 g/mol. The SMILES string of the molecule is Cl.O=C(NCCN1CCCC1)c1cc(=O)c2ccccc2[nH]1. The lowest BCUT2D eigenvalue weighted by atomic mass is 10.2. The Kier molecular flexibility index (Phi) is 5.57. The lowest BCUT2D eigenvalue weighted by Gasteiger charge is -2.14. The maximum absolute atomic E-state index is 12.1. The highest BCUT2D eigenvalue weighted by atomic mass is 35.5. The molecular formula is C16H20ClN3O2. The fourth-order valence-corrected chi connectivity index (χ4v) is 2.75. The topological polar surface area (TPSA) is 65.2 Å². The first kappa shape index (κ1) is 16.5. The molecule has 2 heterocycles. The molecule has 5 nitrogen and oxygen atoms in total. The zero-order valence-corrected chi connectivity index (χ0v) is 13.1. The average molecular weight is 322 g/mol. The van der Waals surface area contributed by atoms with Crippen LogP contribution in [0, 0.1) is 0 Å². The number of aromatic nitrogens is 1. The monoisotopic (exact) mass is 321 g/mol. The number of hydrogen-bond acceptors (Lipinski definition) is 3. The summed E-state index contributed by atoms with van der Waals surface area (Å²) in [5.41, 5.74) is 0.879. The summed E-state index contributed by atoms with van der Waals surface area (Å²) < 4.78 is 0. The predicted octanol–water partition coefficient (Wildman–Crippen LogP) is 1.78.